The summed E-state index contributed by atoms with van der Waals surface area (Å²) in [7, 11) is 0. The Labute approximate surface area is 158 Å². The molecule has 6 heteroatoms. The summed E-state index contributed by atoms with van der Waals surface area (Å²) in [6.45, 7) is 6.97. The fraction of sp³-hybridized carbons (Fsp3) is 0.333. The number of carbonyl (C=O) groups is 2. The number of fused-ring (bicyclic) bond motifs is 1. The van der Waals surface area contributed by atoms with Gasteiger partial charge in [-0.1, -0.05) is 32.9 Å². The Morgan fingerprint density at radius 2 is 1.89 bits per heavy atom. The maximum Gasteiger partial charge on any atom is 0.335 e. The molecule has 0 aliphatic carbocycles. The van der Waals surface area contributed by atoms with E-state index in [9.17, 15) is 14.7 Å². The molecule has 0 spiro atoms. The van der Waals surface area contributed by atoms with Crippen LogP contribution in [0.15, 0.2) is 42.5 Å². The van der Waals surface area contributed by atoms with Gasteiger partial charge >= 0.3 is 5.97 Å². The zero-order valence-corrected chi connectivity index (χ0v) is 15.7. The number of hydrogen-bond donors (Lipinski definition) is 1. The van der Waals surface area contributed by atoms with Crippen LogP contribution in [0, 0.1) is 0 Å². The molecule has 6 nitrogen and oxygen atoms in total. The van der Waals surface area contributed by atoms with Crippen molar-refractivity contribution >= 4 is 17.6 Å². The van der Waals surface area contributed by atoms with E-state index in [1.807, 2.05) is 24.3 Å². The molecule has 27 heavy (non-hydrogen) atoms. The molecule has 0 saturated heterocycles. The Morgan fingerprint density at radius 3 is 2.52 bits per heavy atom. The molecule has 142 valence electrons. The number of hydrogen-bond acceptors (Lipinski definition) is 4. The molecule has 1 amide bonds. The molecule has 1 N–H and O–H groups in total. The zero-order chi connectivity index (χ0) is 19.6. The number of carboxylic acid groups (broad SMARTS) is 1. The molecule has 0 saturated carbocycles. The van der Waals surface area contributed by atoms with Crippen LogP contribution in [0.3, 0.4) is 0 Å². The molecule has 2 aromatic rings. The topological polar surface area (TPSA) is 76.1 Å². The van der Waals surface area contributed by atoms with Gasteiger partial charge in [0.25, 0.3) is 5.91 Å². The van der Waals surface area contributed by atoms with Crippen molar-refractivity contribution in [2.75, 3.05) is 24.7 Å². The van der Waals surface area contributed by atoms with Gasteiger partial charge < -0.3 is 19.5 Å². The lowest BCUT2D eigenvalue weighted by Crippen LogP contribution is -2.41. The SMILES string of the molecule is CC(C)(C)c1ccc(OCCN2C(=O)COc3ccc(C(=O)O)cc32)cc1. The zero-order valence-electron chi connectivity index (χ0n) is 15.7. The van der Waals surface area contributed by atoms with Crippen LogP contribution in [0.1, 0.15) is 36.7 Å². The summed E-state index contributed by atoms with van der Waals surface area (Å²) >= 11 is 0. The number of amides is 1. The van der Waals surface area contributed by atoms with E-state index in [0.717, 1.165) is 5.75 Å². The van der Waals surface area contributed by atoms with Crippen molar-refractivity contribution in [1.82, 2.24) is 0 Å². The molecule has 0 aromatic heterocycles. The van der Waals surface area contributed by atoms with Gasteiger partial charge in [0.05, 0.1) is 17.8 Å². The molecule has 0 unspecified atom stereocenters. The lowest BCUT2D eigenvalue weighted by molar-refractivity contribution is -0.121. The first-order chi connectivity index (χ1) is 12.8. The van der Waals surface area contributed by atoms with E-state index in [1.165, 1.54) is 22.6 Å². The van der Waals surface area contributed by atoms with Gasteiger partial charge in [0, 0.05) is 0 Å². The van der Waals surface area contributed by atoms with E-state index in [2.05, 4.69) is 20.8 Å². The quantitative estimate of drug-likeness (QED) is 0.873. The largest absolute Gasteiger partial charge is 0.492 e. The van der Waals surface area contributed by atoms with E-state index in [4.69, 9.17) is 9.47 Å². The van der Waals surface area contributed by atoms with Crippen LogP contribution in [0.4, 0.5) is 5.69 Å². The molecule has 1 aliphatic heterocycles. The highest BCUT2D eigenvalue weighted by Gasteiger charge is 2.26. The van der Waals surface area contributed by atoms with Crippen LogP contribution in [-0.4, -0.2) is 36.7 Å². The van der Waals surface area contributed by atoms with Crippen molar-refractivity contribution in [2.45, 2.75) is 26.2 Å². The maximum atomic E-state index is 12.2. The van der Waals surface area contributed by atoms with Crippen molar-refractivity contribution in [3.05, 3.63) is 53.6 Å². The van der Waals surface area contributed by atoms with Gasteiger partial charge in [-0.15, -0.1) is 0 Å². The Hall–Kier alpha value is -3.02. The number of benzene rings is 2. The first-order valence-electron chi connectivity index (χ1n) is 8.79. The summed E-state index contributed by atoms with van der Waals surface area (Å²) in [5, 5.41) is 9.17. The van der Waals surface area contributed by atoms with Gasteiger partial charge in [0.1, 0.15) is 18.1 Å². The van der Waals surface area contributed by atoms with Crippen molar-refractivity contribution in [1.29, 1.82) is 0 Å². The van der Waals surface area contributed by atoms with Crippen LogP contribution in [-0.2, 0) is 10.2 Å². The minimum atomic E-state index is -1.05. The van der Waals surface area contributed by atoms with Crippen LogP contribution in [0.25, 0.3) is 0 Å². The van der Waals surface area contributed by atoms with Crippen molar-refractivity contribution < 1.29 is 24.2 Å². The Balaban J connectivity index is 1.68. The maximum absolute atomic E-state index is 12.2. The van der Waals surface area contributed by atoms with Gasteiger partial charge in [-0.25, -0.2) is 4.79 Å². The molecule has 1 heterocycles. The third-order valence-electron chi connectivity index (χ3n) is 4.45. The average molecular weight is 369 g/mol. The number of rotatable bonds is 5. The van der Waals surface area contributed by atoms with Gasteiger partial charge in [-0.3, -0.25) is 4.79 Å². The third kappa shape index (κ3) is 4.22. The van der Waals surface area contributed by atoms with Gasteiger partial charge in [-0.2, -0.15) is 0 Å². The molecule has 0 atom stereocenters. The minimum Gasteiger partial charge on any atom is -0.492 e. The third-order valence-corrected chi connectivity index (χ3v) is 4.45. The number of carbonyl (C=O) groups excluding carboxylic acids is 1. The Bertz CT molecular complexity index is 852. The van der Waals surface area contributed by atoms with E-state index >= 15 is 0 Å². The summed E-state index contributed by atoms with van der Waals surface area (Å²) in [6.07, 6.45) is 0. The predicted octanol–water partition coefficient (Wildman–Crippen LogP) is 3.49. The van der Waals surface area contributed by atoms with Gasteiger partial charge in [0.2, 0.25) is 0 Å². The second-order valence-corrected chi connectivity index (χ2v) is 7.44. The second kappa shape index (κ2) is 7.31. The summed E-state index contributed by atoms with van der Waals surface area (Å²) < 4.78 is 11.2. The molecule has 1 aliphatic rings. The first kappa shape index (κ1) is 18.8. The first-order valence-corrected chi connectivity index (χ1v) is 8.79. The van der Waals surface area contributed by atoms with E-state index in [1.54, 1.807) is 6.07 Å². The summed E-state index contributed by atoms with van der Waals surface area (Å²) in [5.41, 5.74) is 1.85. The summed E-state index contributed by atoms with van der Waals surface area (Å²) in [5.74, 6) is -0.0555. The average Bonchev–Trinajstić information content (AvgIpc) is 2.62. The highest BCUT2D eigenvalue weighted by atomic mass is 16.5. The lowest BCUT2D eigenvalue weighted by atomic mass is 9.87. The highest BCUT2D eigenvalue weighted by Crippen LogP contribution is 2.33. The van der Waals surface area contributed by atoms with Gasteiger partial charge in [0.15, 0.2) is 6.61 Å². The standard InChI is InChI=1S/C21H23NO5/c1-21(2,3)15-5-7-16(8-6-15)26-11-10-22-17-12-14(20(24)25)4-9-18(17)27-13-19(22)23/h4-9,12H,10-11,13H2,1-3H3,(H,24,25). The molecule has 0 bridgehead atoms. The Kier molecular flexibility index (Phi) is 5.08. The smallest absolute Gasteiger partial charge is 0.335 e. The van der Waals surface area contributed by atoms with Crippen LogP contribution in [0.2, 0.25) is 0 Å². The number of aromatic carboxylic acids is 1. The molecular weight excluding hydrogens is 346 g/mol. The highest BCUT2D eigenvalue weighted by molar-refractivity contribution is 5.99. The van der Waals surface area contributed by atoms with E-state index < -0.39 is 5.97 Å². The normalized spacial score (nSPS) is 13.7. The molecular formula is C21H23NO5. The van der Waals surface area contributed by atoms with Crippen LogP contribution in [0.5, 0.6) is 11.5 Å². The fourth-order valence-corrected chi connectivity index (χ4v) is 2.89. The molecule has 0 radical (unpaired) electrons. The molecule has 0 fully saturated rings. The number of ether oxygens (including phenoxy) is 2. The van der Waals surface area contributed by atoms with Gasteiger partial charge in [-0.05, 0) is 41.3 Å². The molecule has 3 rings (SSSR count). The van der Waals surface area contributed by atoms with Crippen molar-refractivity contribution in [2.24, 2.45) is 0 Å². The van der Waals surface area contributed by atoms with E-state index in [-0.39, 0.29) is 30.1 Å². The fourth-order valence-electron chi connectivity index (χ4n) is 2.89. The number of nitrogens with zero attached hydrogens (tertiary/aromatic N) is 1. The van der Waals surface area contributed by atoms with Crippen LogP contribution >= 0.6 is 0 Å². The molecule has 2 aromatic carbocycles. The minimum absolute atomic E-state index is 0.0697. The monoisotopic (exact) mass is 369 g/mol. The predicted molar refractivity (Wildman–Crippen MR) is 102 cm³/mol. The lowest BCUT2D eigenvalue weighted by Gasteiger charge is -2.29. The number of carboxylic acids is 1. The summed E-state index contributed by atoms with van der Waals surface area (Å²) in [4.78, 5) is 24.9. The summed E-state index contributed by atoms with van der Waals surface area (Å²) in [6, 6.07) is 12.4. The second-order valence-electron chi connectivity index (χ2n) is 7.44. The van der Waals surface area contributed by atoms with Crippen molar-refractivity contribution in [3.63, 3.8) is 0 Å². The van der Waals surface area contributed by atoms with E-state index in [0.29, 0.717) is 18.0 Å². The van der Waals surface area contributed by atoms with Crippen LogP contribution < -0.4 is 14.4 Å². The number of anilines is 1. The van der Waals surface area contributed by atoms with Crippen molar-refractivity contribution in [3.8, 4) is 11.5 Å². The Morgan fingerprint density at radius 1 is 1.19 bits per heavy atom.